The molecule has 24 heavy (non-hydrogen) atoms. The number of rotatable bonds is 7. The molecule has 2 aromatic rings. The highest BCUT2D eigenvalue weighted by Crippen LogP contribution is 2.22. The summed E-state index contributed by atoms with van der Waals surface area (Å²) in [5.41, 5.74) is 4.79. The Morgan fingerprint density at radius 2 is 2.00 bits per heavy atom. The van der Waals surface area contributed by atoms with Gasteiger partial charge in [-0.3, -0.25) is 5.10 Å². The molecule has 0 unspecified atom stereocenters. The van der Waals surface area contributed by atoms with E-state index < -0.39 is 0 Å². The Balaban J connectivity index is 1.48. The largest absolute Gasteiger partial charge is 0.395 e. The van der Waals surface area contributed by atoms with Crippen LogP contribution < -0.4 is 5.32 Å². The van der Waals surface area contributed by atoms with Crippen molar-refractivity contribution >= 4 is 0 Å². The van der Waals surface area contributed by atoms with Crippen LogP contribution in [0.15, 0.2) is 30.5 Å². The van der Waals surface area contributed by atoms with E-state index in [9.17, 15) is 0 Å². The van der Waals surface area contributed by atoms with Crippen LogP contribution in [-0.4, -0.2) is 53.0 Å². The van der Waals surface area contributed by atoms with E-state index in [1.807, 2.05) is 6.20 Å². The van der Waals surface area contributed by atoms with E-state index in [-0.39, 0.29) is 6.61 Å². The van der Waals surface area contributed by atoms with Crippen molar-refractivity contribution in [2.45, 2.75) is 26.3 Å². The maximum Gasteiger partial charge on any atom is 0.0695 e. The Labute approximate surface area is 144 Å². The maximum absolute atomic E-state index is 9.00. The van der Waals surface area contributed by atoms with E-state index in [4.69, 9.17) is 5.11 Å². The number of hydrogen-bond donors (Lipinski definition) is 3. The molecule has 0 bridgehead atoms. The van der Waals surface area contributed by atoms with Crippen LogP contribution in [0.5, 0.6) is 0 Å². The van der Waals surface area contributed by atoms with Crippen LogP contribution in [0.2, 0.25) is 0 Å². The van der Waals surface area contributed by atoms with Gasteiger partial charge in [0.1, 0.15) is 0 Å². The van der Waals surface area contributed by atoms with Crippen LogP contribution in [0.4, 0.5) is 0 Å². The first kappa shape index (κ1) is 17.1. The first-order valence-electron chi connectivity index (χ1n) is 8.89. The first-order chi connectivity index (χ1) is 11.8. The first-order valence-corrected chi connectivity index (χ1v) is 8.89. The monoisotopic (exact) mass is 328 g/mol. The summed E-state index contributed by atoms with van der Waals surface area (Å²) in [6.07, 6.45) is 4.35. The van der Waals surface area contributed by atoms with Gasteiger partial charge in [-0.05, 0) is 50.9 Å². The third-order valence-electron chi connectivity index (χ3n) is 4.93. The smallest absolute Gasteiger partial charge is 0.0695 e. The predicted octanol–water partition coefficient (Wildman–Crippen LogP) is 2.18. The minimum Gasteiger partial charge on any atom is -0.395 e. The number of nitrogens with one attached hydrogen (secondary N) is 2. The molecule has 1 aromatic heterocycles. The molecule has 0 amide bonds. The molecule has 5 nitrogen and oxygen atoms in total. The van der Waals surface area contributed by atoms with E-state index in [1.165, 1.54) is 29.5 Å². The van der Waals surface area contributed by atoms with Crippen LogP contribution in [0.1, 0.15) is 24.0 Å². The lowest BCUT2D eigenvalue weighted by Crippen LogP contribution is -2.38. The average Bonchev–Trinajstić information content (AvgIpc) is 3.06. The third-order valence-corrected chi connectivity index (χ3v) is 4.93. The molecule has 1 aliphatic heterocycles. The van der Waals surface area contributed by atoms with E-state index in [0.717, 1.165) is 44.3 Å². The van der Waals surface area contributed by atoms with Gasteiger partial charge in [0, 0.05) is 18.7 Å². The molecule has 0 radical (unpaired) electrons. The number of aryl methyl sites for hydroxylation is 1. The van der Waals surface area contributed by atoms with E-state index in [2.05, 4.69) is 51.6 Å². The number of aromatic nitrogens is 2. The zero-order valence-electron chi connectivity index (χ0n) is 14.5. The standard InChI is InChI=1S/C19H28N4O/c1-15-2-4-17(5-3-15)19-18(14-21-22-19)13-20-12-16-6-8-23(9-7-16)10-11-24/h2-5,14,16,20,24H,6-13H2,1H3,(H,21,22). The Morgan fingerprint density at radius 3 is 2.71 bits per heavy atom. The van der Waals surface area contributed by atoms with Crippen LogP contribution >= 0.6 is 0 Å². The fourth-order valence-electron chi connectivity index (χ4n) is 3.38. The molecular formula is C19H28N4O. The molecule has 1 aliphatic rings. The number of H-pyrrole nitrogens is 1. The summed E-state index contributed by atoms with van der Waals surface area (Å²) in [4.78, 5) is 2.35. The summed E-state index contributed by atoms with van der Waals surface area (Å²) in [5, 5.41) is 20.0. The van der Waals surface area contributed by atoms with Gasteiger partial charge < -0.3 is 15.3 Å². The predicted molar refractivity (Wildman–Crippen MR) is 96.7 cm³/mol. The number of nitrogens with zero attached hydrogens (tertiary/aromatic N) is 2. The molecule has 0 saturated carbocycles. The van der Waals surface area contributed by atoms with Gasteiger partial charge in [-0.2, -0.15) is 5.10 Å². The van der Waals surface area contributed by atoms with Gasteiger partial charge in [-0.25, -0.2) is 0 Å². The number of likely N-dealkylation sites (tertiary alicyclic amines) is 1. The molecule has 3 N–H and O–H groups in total. The van der Waals surface area contributed by atoms with Gasteiger partial charge in [0.15, 0.2) is 0 Å². The van der Waals surface area contributed by atoms with Crippen molar-refractivity contribution in [1.82, 2.24) is 20.4 Å². The highest BCUT2D eigenvalue weighted by Gasteiger charge is 2.18. The number of piperidine rings is 1. The lowest BCUT2D eigenvalue weighted by atomic mass is 9.96. The molecule has 1 saturated heterocycles. The van der Waals surface area contributed by atoms with Crippen molar-refractivity contribution in [2.75, 3.05) is 32.8 Å². The number of β-amino-alcohol motifs (C(OH)–C–C–N with tert-alkyl or cyclic N) is 1. The fourth-order valence-corrected chi connectivity index (χ4v) is 3.38. The van der Waals surface area contributed by atoms with Crippen LogP contribution in [0.25, 0.3) is 11.3 Å². The quantitative estimate of drug-likeness (QED) is 0.729. The summed E-state index contributed by atoms with van der Waals surface area (Å²) in [7, 11) is 0. The van der Waals surface area contributed by atoms with Crippen molar-refractivity contribution in [1.29, 1.82) is 0 Å². The van der Waals surface area contributed by atoms with Gasteiger partial charge in [-0.1, -0.05) is 29.8 Å². The average molecular weight is 328 g/mol. The molecule has 0 aliphatic carbocycles. The second-order valence-electron chi connectivity index (χ2n) is 6.78. The van der Waals surface area contributed by atoms with E-state index in [1.54, 1.807) is 0 Å². The molecule has 1 aromatic carbocycles. The van der Waals surface area contributed by atoms with Crippen LogP contribution in [0, 0.1) is 12.8 Å². The fraction of sp³-hybridized carbons (Fsp3) is 0.526. The molecule has 0 atom stereocenters. The summed E-state index contributed by atoms with van der Waals surface area (Å²) < 4.78 is 0. The zero-order valence-corrected chi connectivity index (χ0v) is 14.5. The zero-order chi connectivity index (χ0) is 16.8. The lowest BCUT2D eigenvalue weighted by molar-refractivity contribution is 0.146. The van der Waals surface area contributed by atoms with Crippen molar-refractivity contribution in [3.63, 3.8) is 0 Å². The Morgan fingerprint density at radius 1 is 1.25 bits per heavy atom. The maximum atomic E-state index is 9.00. The molecule has 2 heterocycles. The van der Waals surface area contributed by atoms with Crippen molar-refractivity contribution < 1.29 is 5.11 Å². The lowest BCUT2D eigenvalue weighted by Gasteiger charge is -2.31. The highest BCUT2D eigenvalue weighted by molar-refractivity contribution is 5.62. The summed E-state index contributed by atoms with van der Waals surface area (Å²) in [6.45, 7) is 7.29. The van der Waals surface area contributed by atoms with Gasteiger partial charge in [0.05, 0.1) is 18.5 Å². The number of hydrogen-bond acceptors (Lipinski definition) is 4. The molecule has 1 fully saturated rings. The second kappa shape index (κ2) is 8.42. The second-order valence-corrected chi connectivity index (χ2v) is 6.78. The topological polar surface area (TPSA) is 64.2 Å². The molecule has 130 valence electrons. The number of aliphatic hydroxyl groups is 1. The summed E-state index contributed by atoms with van der Waals surface area (Å²) >= 11 is 0. The highest BCUT2D eigenvalue weighted by atomic mass is 16.3. The number of aromatic amines is 1. The Kier molecular flexibility index (Phi) is 6.01. The molecule has 5 heteroatoms. The molecular weight excluding hydrogens is 300 g/mol. The number of aliphatic hydroxyl groups excluding tert-OH is 1. The summed E-state index contributed by atoms with van der Waals surface area (Å²) in [5.74, 6) is 0.731. The van der Waals surface area contributed by atoms with Gasteiger partial charge in [0.2, 0.25) is 0 Å². The van der Waals surface area contributed by atoms with Gasteiger partial charge >= 0.3 is 0 Å². The van der Waals surface area contributed by atoms with Crippen LogP contribution in [0.3, 0.4) is 0 Å². The Bertz CT molecular complexity index is 615. The third kappa shape index (κ3) is 4.44. The minimum atomic E-state index is 0.269. The molecule has 3 rings (SSSR count). The summed E-state index contributed by atoms with van der Waals surface area (Å²) in [6, 6.07) is 8.55. The van der Waals surface area contributed by atoms with Crippen molar-refractivity contribution in [3.8, 4) is 11.3 Å². The minimum absolute atomic E-state index is 0.269. The van der Waals surface area contributed by atoms with Gasteiger partial charge in [-0.15, -0.1) is 0 Å². The van der Waals surface area contributed by atoms with Gasteiger partial charge in [0.25, 0.3) is 0 Å². The normalized spacial score (nSPS) is 16.6. The number of benzene rings is 1. The van der Waals surface area contributed by atoms with E-state index >= 15 is 0 Å². The van der Waals surface area contributed by atoms with E-state index in [0.29, 0.717) is 0 Å². The van der Waals surface area contributed by atoms with Crippen molar-refractivity contribution in [3.05, 3.63) is 41.6 Å². The van der Waals surface area contributed by atoms with Crippen molar-refractivity contribution in [2.24, 2.45) is 5.92 Å². The van der Waals surface area contributed by atoms with Crippen LogP contribution in [-0.2, 0) is 6.54 Å². The molecule has 0 spiro atoms. The Hall–Kier alpha value is -1.69. The SMILES string of the molecule is Cc1ccc(-c2[nH]ncc2CNCC2CCN(CCO)CC2)cc1.